The van der Waals surface area contributed by atoms with Crippen molar-refractivity contribution in [1.82, 2.24) is 4.98 Å². The predicted molar refractivity (Wildman–Crippen MR) is 57.6 cm³/mol. The Kier molecular flexibility index (Phi) is 2.73. The van der Waals surface area contributed by atoms with Crippen LogP contribution in [-0.2, 0) is 4.79 Å². The zero-order chi connectivity index (χ0) is 10.1. The van der Waals surface area contributed by atoms with Gasteiger partial charge in [-0.1, -0.05) is 0 Å². The van der Waals surface area contributed by atoms with Crippen LogP contribution in [0.3, 0.4) is 0 Å². The van der Waals surface area contributed by atoms with Gasteiger partial charge in [-0.15, -0.1) is 11.3 Å². The summed E-state index contributed by atoms with van der Waals surface area (Å²) in [6.45, 7) is 0. The van der Waals surface area contributed by atoms with Crippen molar-refractivity contribution >= 4 is 38.4 Å². The van der Waals surface area contributed by atoms with Crippen molar-refractivity contribution in [2.24, 2.45) is 5.92 Å². The molecule has 1 aromatic heterocycles. The van der Waals surface area contributed by atoms with E-state index < -0.39 is 12.0 Å². The summed E-state index contributed by atoms with van der Waals surface area (Å²) in [7, 11) is 0. The highest BCUT2D eigenvalue weighted by atomic mass is 79.9. The predicted octanol–water partition coefficient (Wildman–Crippen LogP) is 2.18. The zero-order valence-electron chi connectivity index (χ0n) is 7.24. The molecule has 0 bridgehead atoms. The van der Waals surface area contributed by atoms with Crippen LogP contribution in [0.1, 0.15) is 12.8 Å². The lowest BCUT2D eigenvalue weighted by molar-refractivity contribution is -0.138. The van der Waals surface area contributed by atoms with Crippen molar-refractivity contribution in [2.75, 3.05) is 5.32 Å². The van der Waals surface area contributed by atoms with Crippen molar-refractivity contribution < 1.29 is 9.90 Å². The summed E-state index contributed by atoms with van der Waals surface area (Å²) in [5.41, 5.74) is 0. The maximum Gasteiger partial charge on any atom is 0.326 e. The molecule has 4 nitrogen and oxygen atoms in total. The molecule has 1 saturated carbocycles. The van der Waals surface area contributed by atoms with Gasteiger partial charge in [-0.3, -0.25) is 0 Å². The molecular formula is C8H9BrN2O2S. The average Bonchev–Trinajstić information content (AvgIpc) is 2.86. The largest absolute Gasteiger partial charge is 0.480 e. The Balaban J connectivity index is 2.03. The molecule has 2 N–H and O–H groups in total. The van der Waals surface area contributed by atoms with Gasteiger partial charge in [-0.2, -0.15) is 0 Å². The maximum absolute atomic E-state index is 10.9. The number of hydrogen-bond acceptors (Lipinski definition) is 4. The lowest BCUT2D eigenvalue weighted by Gasteiger charge is -2.11. The summed E-state index contributed by atoms with van der Waals surface area (Å²) in [5.74, 6) is -0.519. The highest BCUT2D eigenvalue weighted by Crippen LogP contribution is 2.35. The van der Waals surface area contributed by atoms with Crippen LogP contribution in [-0.4, -0.2) is 22.1 Å². The average molecular weight is 277 g/mol. The third-order valence-corrected chi connectivity index (χ3v) is 3.60. The number of thiazole rings is 1. The fourth-order valence-corrected chi connectivity index (χ4v) is 2.45. The minimum atomic E-state index is -0.793. The molecule has 1 aromatic rings. The molecule has 2 rings (SSSR count). The van der Waals surface area contributed by atoms with Gasteiger partial charge in [-0.05, 0) is 34.7 Å². The standard InChI is InChI=1S/C8H9BrN2O2S/c9-5-3-14-8(10-5)11-6(7(12)13)4-1-2-4/h3-4,6H,1-2H2,(H,10,11)(H,12,13). The second-order valence-electron chi connectivity index (χ2n) is 3.27. The normalized spacial score (nSPS) is 17.8. The van der Waals surface area contributed by atoms with Crippen LogP contribution in [0.15, 0.2) is 9.98 Å². The first-order valence-electron chi connectivity index (χ1n) is 4.27. The van der Waals surface area contributed by atoms with E-state index in [1.54, 1.807) is 0 Å². The van der Waals surface area contributed by atoms with Gasteiger partial charge < -0.3 is 10.4 Å². The summed E-state index contributed by atoms with van der Waals surface area (Å²) in [6, 6.07) is -0.479. The van der Waals surface area contributed by atoms with Gasteiger partial charge in [0.05, 0.1) is 0 Å². The highest BCUT2D eigenvalue weighted by Gasteiger charge is 2.36. The Morgan fingerprint density at radius 1 is 1.79 bits per heavy atom. The van der Waals surface area contributed by atoms with E-state index in [9.17, 15) is 4.79 Å². The number of aromatic nitrogens is 1. The number of carbonyl (C=O) groups is 1. The molecule has 1 heterocycles. The monoisotopic (exact) mass is 276 g/mol. The van der Waals surface area contributed by atoms with Crippen LogP contribution in [0, 0.1) is 5.92 Å². The van der Waals surface area contributed by atoms with Gasteiger partial charge in [0.2, 0.25) is 0 Å². The Labute approximate surface area is 93.5 Å². The molecule has 1 aliphatic rings. The van der Waals surface area contributed by atoms with Gasteiger partial charge in [0.25, 0.3) is 0 Å². The number of carboxylic acids is 1. The molecule has 0 aliphatic heterocycles. The van der Waals surface area contributed by atoms with Crippen molar-refractivity contribution in [3.8, 4) is 0 Å². The first-order valence-corrected chi connectivity index (χ1v) is 5.94. The summed E-state index contributed by atoms with van der Waals surface area (Å²) in [4.78, 5) is 15.0. The van der Waals surface area contributed by atoms with Gasteiger partial charge >= 0.3 is 5.97 Å². The lowest BCUT2D eigenvalue weighted by Crippen LogP contribution is -2.31. The number of rotatable bonds is 4. The van der Waals surface area contributed by atoms with E-state index in [0.29, 0.717) is 5.13 Å². The third kappa shape index (κ3) is 2.24. The smallest absolute Gasteiger partial charge is 0.326 e. The van der Waals surface area contributed by atoms with Crippen LogP contribution >= 0.6 is 27.3 Å². The van der Waals surface area contributed by atoms with Crippen LogP contribution in [0.5, 0.6) is 0 Å². The summed E-state index contributed by atoms with van der Waals surface area (Å²) in [6.07, 6.45) is 1.99. The minimum absolute atomic E-state index is 0.273. The van der Waals surface area contributed by atoms with Crippen LogP contribution in [0.4, 0.5) is 5.13 Å². The second-order valence-corrected chi connectivity index (χ2v) is 4.94. The molecular weight excluding hydrogens is 268 g/mol. The number of nitrogens with zero attached hydrogens (tertiary/aromatic N) is 1. The molecule has 6 heteroatoms. The Hall–Kier alpha value is -0.620. The highest BCUT2D eigenvalue weighted by molar-refractivity contribution is 9.10. The van der Waals surface area contributed by atoms with E-state index in [1.807, 2.05) is 5.38 Å². The first-order chi connectivity index (χ1) is 6.66. The van der Waals surface area contributed by atoms with Gasteiger partial charge in [-0.25, -0.2) is 9.78 Å². The molecule has 0 spiro atoms. The van der Waals surface area contributed by atoms with E-state index in [2.05, 4.69) is 26.2 Å². The third-order valence-electron chi connectivity index (χ3n) is 2.11. The van der Waals surface area contributed by atoms with Crippen LogP contribution in [0.25, 0.3) is 0 Å². The van der Waals surface area contributed by atoms with Gasteiger partial charge in [0, 0.05) is 5.38 Å². The van der Waals surface area contributed by atoms with Crippen molar-refractivity contribution in [3.05, 3.63) is 9.98 Å². The molecule has 76 valence electrons. The van der Waals surface area contributed by atoms with Crippen molar-refractivity contribution in [3.63, 3.8) is 0 Å². The van der Waals surface area contributed by atoms with Crippen LogP contribution in [0.2, 0.25) is 0 Å². The molecule has 1 unspecified atom stereocenters. The molecule has 0 aromatic carbocycles. The van der Waals surface area contributed by atoms with Gasteiger partial charge in [0.15, 0.2) is 5.13 Å². The van der Waals surface area contributed by atoms with E-state index in [-0.39, 0.29) is 5.92 Å². The summed E-state index contributed by atoms with van der Waals surface area (Å²) in [5, 5.41) is 14.4. The molecule has 14 heavy (non-hydrogen) atoms. The number of anilines is 1. The Bertz CT molecular complexity index is 351. The topological polar surface area (TPSA) is 62.2 Å². The number of aliphatic carboxylic acids is 1. The van der Waals surface area contributed by atoms with Crippen LogP contribution < -0.4 is 5.32 Å². The fraction of sp³-hybridized carbons (Fsp3) is 0.500. The molecule has 0 radical (unpaired) electrons. The summed E-state index contributed by atoms with van der Waals surface area (Å²) < 4.78 is 0.741. The fourth-order valence-electron chi connectivity index (χ4n) is 1.26. The molecule has 0 saturated heterocycles. The molecule has 0 amide bonds. The van der Waals surface area contributed by atoms with Gasteiger partial charge in [0.1, 0.15) is 10.6 Å². The Morgan fingerprint density at radius 3 is 2.93 bits per heavy atom. The number of nitrogens with one attached hydrogen (secondary N) is 1. The molecule has 1 fully saturated rings. The number of halogens is 1. The van der Waals surface area contributed by atoms with E-state index in [4.69, 9.17) is 5.11 Å². The van der Waals surface area contributed by atoms with Crippen molar-refractivity contribution in [1.29, 1.82) is 0 Å². The zero-order valence-corrected chi connectivity index (χ0v) is 9.64. The van der Waals surface area contributed by atoms with E-state index >= 15 is 0 Å². The number of hydrogen-bond donors (Lipinski definition) is 2. The Morgan fingerprint density at radius 2 is 2.50 bits per heavy atom. The lowest BCUT2D eigenvalue weighted by atomic mass is 10.2. The van der Waals surface area contributed by atoms with E-state index in [1.165, 1.54) is 11.3 Å². The van der Waals surface area contributed by atoms with E-state index in [0.717, 1.165) is 17.4 Å². The number of carboxylic acid groups (broad SMARTS) is 1. The molecule has 1 atom stereocenters. The SMILES string of the molecule is O=C(O)C(Nc1nc(Br)cs1)C1CC1. The maximum atomic E-state index is 10.9. The summed E-state index contributed by atoms with van der Waals surface area (Å²) >= 11 is 4.63. The molecule has 1 aliphatic carbocycles. The van der Waals surface area contributed by atoms with Crippen molar-refractivity contribution in [2.45, 2.75) is 18.9 Å². The first kappa shape index (κ1) is 9.92. The minimum Gasteiger partial charge on any atom is -0.480 e. The second kappa shape index (κ2) is 3.86. The quantitative estimate of drug-likeness (QED) is 0.885.